The first kappa shape index (κ1) is 20.2. The highest BCUT2D eigenvalue weighted by atomic mass is 19.1. The smallest absolute Gasteiger partial charge is 0.273 e. The van der Waals surface area contributed by atoms with E-state index in [0.29, 0.717) is 24.5 Å². The Labute approximate surface area is 183 Å². The number of morpholine rings is 1. The van der Waals surface area contributed by atoms with E-state index in [1.165, 1.54) is 18.2 Å². The number of aromatic nitrogens is 2. The standard InChI is InChI=1S/C25H19F2N3O2/c26-18-7-3-8-19(27)23(18)21-10-4-9-20(29-21)22-15-30(13-14-32-22)25(31)24-17-6-2-1-5-16(17)11-12-28-24/h1-12,22H,13-15H2. The van der Waals surface area contributed by atoms with Crippen LogP contribution in [0.5, 0.6) is 0 Å². The van der Waals surface area contributed by atoms with Crippen molar-refractivity contribution in [1.82, 2.24) is 14.9 Å². The van der Waals surface area contributed by atoms with Crippen molar-refractivity contribution in [3.05, 3.63) is 95.9 Å². The van der Waals surface area contributed by atoms with Crippen LogP contribution in [-0.2, 0) is 4.74 Å². The van der Waals surface area contributed by atoms with Crippen molar-refractivity contribution in [2.24, 2.45) is 0 Å². The quantitative estimate of drug-likeness (QED) is 0.468. The van der Waals surface area contributed by atoms with Gasteiger partial charge in [0.1, 0.15) is 23.4 Å². The van der Waals surface area contributed by atoms with Gasteiger partial charge in [-0.2, -0.15) is 0 Å². The van der Waals surface area contributed by atoms with E-state index in [0.717, 1.165) is 10.8 Å². The number of amides is 1. The van der Waals surface area contributed by atoms with E-state index in [2.05, 4.69) is 9.97 Å². The van der Waals surface area contributed by atoms with Gasteiger partial charge >= 0.3 is 0 Å². The van der Waals surface area contributed by atoms with Gasteiger partial charge in [-0.25, -0.2) is 13.8 Å². The van der Waals surface area contributed by atoms with Crippen molar-refractivity contribution in [2.45, 2.75) is 6.10 Å². The van der Waals surface area contributed by atoms with Gasteiger partial charge in [0.25, 0.3) is 5.91 Å². The number of ether oxygens (including phenoxy) is 1. The summed E-state index contributed by atoms with van der Waals surface area (Å²) in [5.74, 6) is -1.55. The fraction of sp³-hybridized carbons (Fsp3) is 0.160. The van der Waals surface area contributed by atoms with Gasteiger partial charge in [-0.3, -0.25) is 9.78 Å². The van der Waals surface area contributed by atoms with E-state index in [-0.39, 0.29) is 23.7 Å². The fourth-order valence-corrected chi connectivity index (χ4v) is 3.97. The molecule has 1 fully saturated rings. The topological polar surface area (TPSA) is 55.3 Å². The number of fused-ring (bicyclic) bond motifs is 1. The van der Waals surface area contributed by atoms with Crippen LogP contribution in [0.25, 0.3) is 22.0 Å². The summed E-state index contributed by atoms with van der Waals surface area (Å²) in [7, 11) is 0. The number of hydrogen-bond donors (Lipinski definition) is 0. The molecule has 5 rings (SSSR count). The van der Waals surface area contributed by atoms with Crippen molar-refractivity contribution in [3.63, 3.8) is 0 Å². The third kappa shape index (κ3) is 3.71. The van der Waals surface area contributed by atoms with Gasteiger partial charge in [0.2, 0.25) is 0 Å². The average molecular weight is 431 g/mol. The molecule has 4 aromatic rings. The van der Waals surface area contributed by atoms with Gasteiger partial charge in [0.05, 0.1) is 30.1 Å². The Morgan fingerprint density at radius 2 is 1.75 bits per heavy atom. The zero-order valence-electron chi connectivity index (χ0n) is 17.0. The molecule has 160 valence electrons. The largest absolute Gasteiger partial charge is 0.368 e. The molecule has 0 aliphatic carbocycles. The molecule has 3 heterocycles. The average Bonchev–Trinajstić information content (AvgIpc) is 2.83. The fourth-order valence-electron chi connectivity index (χ4n) is 3.97. The highest BCUT2D eigenvalue weighted by Crippen LogP contribution is 2.28. The van der Waals surface area contributed by atoms with Gasteiger partial charge in [0.15, 0.2) is 0 Å². The Bertz CT molecular complexity index is 1290. The van der Waals surface area contributed by atoms with Crippen LogP contribution in [0, 0.1) is 11.6 Å². The van der Waals surface area contributed by atoms with Crippen molar-refractivity contribution >= 4 is 16.7 Å². The van der Waals surface area contributed by atoms with E-state index in [1.807, 2.05) is 30.3 Å². The number of halogens is 2. The molecule has 0 bridgehead atoms. The highest BCUT2D eigenvalue weighted by Gasteiger charge is 2.29. The lowest BCUT2D eigenvalue weighted by atomic mass is 10.1. The van der Waals surface area contributed by atoms with Crippen LogP contribution < -0.4 is 0 Å². The second kappa shape index (κ2) is 8.43. The van der Waals surface area contributed by atoms with Crippen molar-refractivity contribution in [3.8, 4) is 11.3 Å². The maximum absolute atomic E-state index is 14.2. The van der Waals surface area contributed by atoms with Crippen LogP contribution in [0.4, 0.5) is 8.78 Å². The second-order valence-corrected chi connectivity index (χ2v) is 7.54. The summed E-state index contributed by atoms with van der Waals surface area (Å²) >= 11 is 0. The highest BCUT2D eigenvalue weighted by molar-refractivity contribution is 6.05. The zero-order chi connectivity index (χ0) is 22.1. The Morgan fingerprint density at radius 3 is 2.59 bits per heavy atom. The summed E-state index contributed by atoms with van der Waals surface area (Å²) in [6.45, 7) is 1.00. The molecule has 2 aromatic carbocycles. The van der Waals surface area contributed by atoms with E-state index in [9.17, 15) is 13.6 Å². The minimum absolute atomic E-state index is 0.181. The van der Waals surface area contributed by atoms with Crippen LogP contribution in [-0.4, -0.2) is 40.5 Å². The van der Waals surface area contributed by atoms with Crippen LogP contribution in [0.3, 0.4) is 0 Å². The van der Waals surface area contributed by atoms with Crippen LogP contribution in [0.15, 0.2) is 72.9 Å². The maximum atomic E-state index is 14.2. The minimum atomic E-state index is -0.682. The summed E-state index contributed by atoms with van der Waals surface area (Å²) in [6.07, 6.45) is 1.11. The SMILES string of the molecule is O=C(c1nccc2ccccc12)N1CCOC(c2cccc(-c3c(F)cccc3F)n2)C1. The van der Waals surface area contributed by atoms with Crippen molar-refractivity contribution < 1.29 is 18.3 Å². The second-order valence-electron chi connectivity index (χ2n) is 7.54. The number of carbonyl (C=O) groups is 1. The Hall–Kier alpha value is -3.71. The summed E-state index contributed by atoms with van der Waals surface area (Å²) in [5.41, 5.74) is 0.895. The molecule has 1 aliphatic heterocycles. The molecule has 1 atom stereocenters. The monoisotopic (exact) mass is 431 g/mol. The van der Waals surface area contributed by atoms with Crippen molar-refractivity contribution in [2.75, 3.05) is 19.7 Å². The van der Waals surface area contributed by atoms with Gasteiger partial charge in [0, 0.05) is 18.1 Å². The molecule has 7 heteroatoms. The number of carbonyl (C=O) groups excluding carboxylic acids is 1. The van der Waals surface area contributed by atoms with E-state index >= 15 is 0 Å². The van der Waals surface area contributed by atoms with Crippen LogP contribution in [0.2, 0.25) is 0 Å². The molecule has 1 unspecified atom stereocenters. The lowest BCUT2D eigenvalue weighted by molar-refractivity contribution is -0.0248. The molecule has 1 amide bonds. The summed E-state index contributed by atoms with van der Waals surface area (Å²) < 4.78 is 34.3. The van der Waals surface area contributed by atoms with Crippen LogP contribution >= 0.6 is 0 Å². The summed E-state index contributed by atoms with van der Waals surface area (Å²) in [5, 5.41) is 1.73. The first-order valence-corrected chi connectivity index (χ1v) is 10.3. The molecular formula is C25H19F2N3O2. The van der Waals surface area contributed by atoms with Gasteiger partial charge in [-0.05, 0) is 35.7 Å². The van der Waals surface area contributed by atoms with E-state index < -0.39 is 17.7 Å². The molecule has 1 saturated heterocycles. The van der Waals surface area contributed by atoms with Crippen molar-refractivity contribution in [1.29, 1.82) is 0 Å². The molecule has 2 aromatic heterocycles. The lowest BCUT2D eigenvalue weighted by Gasteiger charge is -2.32. The van der Waals surface area contributed by atoms with E-state index in [1.54, 1.807) is 29.3 Å². The van der Waals surface area contributed by atoms with Crippen LogP contribution in [0.1, 0.15) is 22.3 Å². The summed E-state index contributed by atoms with van der Waals surface area (Å²) in [4.78, 5) is 23.7. The molecule has 32 heavy (non-hydrogen) atoms. The molecule has 0 spiro atoms. The Kier molecular flexibility index (Phi) is 5.33. The zero-order valence-corrected chi connectivity index (χ0v) is 17.0. The first-order chi connectivity index (χ1) is 15.6. The Morgan fingerprint density at radius 1 is 0.969 bits per heavy atom. The maximum Gasteiger partial charge on any atom is 0.273 e. The Balaban J connectivity index is 1.43. The molecule has 0 radical (unpaired) electrons. The molecule has 0 saturated carbocycles. The molecular weight excluding hydrogens is 412 g/mol. The number of benzene rings is 2. The number of rotatable bonds is 3. The number of nitrogens with zero attached hydrogens (tertiary/aromatic N) is 3. The molecule has 5 nitrogen and oxygen atoms in total. The predicted octanol–water partition coefficient (Wildman–Crippen LogP) is 4.79. The summed E-state index contributed by atoms with van der Waals surface area (Å²) in [6, 6.07) is 18.1. The number of pyridine rings is 2. The lowest BCUT2D eigenvalue weighted by Crippen LogP contribution is -2.42. The van der Waals surface area contributed by atoms with Gasteiger partial charge < -0.3 is 9.64 Å². The molecule has 0 N–H and O–H groups in total. The van der Waals surface area contributed by atoms with E-state index in [4.69, 9.17) is 4.74 Å². The third-order valence-corrected chi connectivity index (χ3v) is 5.55. The van der Waals surface area contributed by atoms with Gasteiger partial charge in [-0.15, -0.1) is 0 Å². The third-order valence-electron chi connectivity index (χ3n) is 5.55. The van der Waals surface area contributed by atoms with Gasteiger partial charge in [-0.1, -0.05) is 36.4 Å². The predicted molar refractivity (Wildman–Crippen MR) is 116 cm³/mol. The number of hydrogen-bond acceptors (Lipinski definition) is 4. The normalized spacial score (nSPS) is 16.3. The first-order valence-electron chi connectivity index (χ1n) is 10.3. The minimum Gasteiger partial charge on any atom is -0.368 e. The molecule has 1 aliphatic rings.